The lowest BCUT2D eigenvalue weighted by atomic mass is 10.2. The van der Waals surface area contributed by atoms with E-state index in [2.05, 4.69) is 18.7 Å². The third-order valence-corrected chi connectivity index (χ3v) is 2.92. The lowest BCUT2D eigenvalue weighted by Gasteiger charge is -2.17. The van der Waals surface area contributed by atoms with Crippen molar-refractivity contribution >= 4 is 0 Å². The molecule has 0 saturated heterocycles. The van der Waals surface area contributed by atoms with Crippen LogP contribution < -0.4 is 10.5 Å². The van der Waals surface area contributed by atoms with Crippen molar-refractivity contribution in [1.29, 1.82) is 0 Å². The zero-order valence-corrected chi connectivity index (χ0v) is 11.0. The summed E-state index contributed by atoms with van der Waals surface area (Å²) in [5.74, 6) is 0.924. The first-order chi connectivity index (χ1) is 8.30. The van der Waals surface area contributed by atoms with Crippen molar-refractivity contribution in [1.82, 2.24) is 4.90 Å². The molecule has 1 aromatic carbocycles. The number of rotatable bonds is 8. The van der Waals surface area contributed by atoms with E-state index < -0.39 is 0 Å². The summed E-state index contributed by atoms with van der Waals surface area (Å²) in [4.78, 5) is 2.40. The van der Waals surface area contributed by atoms with Gasteiger partial charge in [0.15, 0.2) is 0 Å². The van der Waals surface area contributed by atoms with Crippen LogP contribution in [0.5, 0.6) is 5.75 Å². The zero-order valence-electron chi connectivity index (χ0n) is 11.0. The van der Waals surface area contributed by atoms with Gasteiger partial charge in [-0.05, 0) is 37.2 Å². The number of ether oxygens (including phenoxy) is 1. The summed E-state index contributed by atoms with van der Waals surface area (Å²) in [7, 11) is 0. The molecule has 0 fully saturated rings. The molecule has 0 saturated carbocycles. The molecule has 0 unspecified atom stereocenters. The van der Waals surface area contributed by atoms with Gasteiger partial charge in [0.05, 0.1) is 6.61 Å². The van der Waals surface area contributed by atoms with Crippen LogP contribution >= 0.6 is 0 Å². The predicted octanol–water partition coefficient (Wildman–Crippen LogP) is 2.26. The minimum absolute atomic E-state index is 0.566. The van der Waals surface area contributed by atoms with Crippen LogP contribution in [0.15, 0.2) is 24.3 Å². The molecule has 0 aliphatic carbocycles. The van der Waals surface area contributed by atoms with E-state index in [0.717, 1.165) is 44.0 Å². The largest absolute Gasteiger partial charge is 0.494 e. The van der Waals surface area contributed by atoms with Crippen molar-refractivity contribution < 1.29 is 4.74 Å². The molecule has 96 valence electrons. The van der Waals surface area contributed by atoms with Gasteiger partial charge in [-0.2, -0.15) is 0 Å². The SMILES string of the molecule is CCN(CC)CCCOc1cccc(CN)c1. The maximum absolute atomic E-state index is 5.71. The summed E-state index contributed by atoms with van der Waals surface area (Å²) in [6.07, 6.45) is 1.06. The molecule has 0 atom stereocenters. The van der Waals surface area contributed by atoms with Crippen molar-refractivity contribution in [3.63, 3.8) is 0 Å². The summed E-state index contributed by atoms with van der Waals surface area (Å²) < 4.78 is 5.71. The van der Waals surface area contributed by atoms with Gasteiger partial charge in [-0.3, -0.25) is 0 Å². The molecule has 3 heteroatoms. The molecule has 0 bridgehead atoms. The molecule has 0 spiro atoms. The third-order valence-electron chi connectivity index (χ3n) is 2.92. The Morgan fingerprint density at radius 3 is 2.65 bits per heavy atom. The smallest absolute Gasteiger partial charge is 0.119 e. The fraction of sp³-hybridized carbons (Fsp3) is 0.571. The highest BCUT2D eigenvalue weighted by Crippen LogP contribution is 2.13. The number of nitrogens with zero attached hydrogens (tertiary/aromatic N) is 1. The van der Waals surface area contributed by atoms with E-state index >= 15 is 0 Å². The Balaban J connectivity index is 2.26. The van der Waals surface area contributed by atoms with Gasteiger partial charge < -0.3 is 15.4 Å². The van der Waals surface area contributed by atoms with Crippen LogP contribution in [0.25, 0.3) is 0 Å². The van der Waals surface area contributed by atoms with Gasteiger partial charge in [0, 0.05) is 13.1 Å². The van der Waals surface area contributed by atoms with E-state index in [-0.39, 0.29) is 0 Å². The lowest BCUT2D eigenvalue weighted by molar-refractivity contribution is 0.249. The predicted molar refractivity (Wildman–Crippen MR) is 72.2 cm³/mol. The van der Waals surface area contributed by atoms with Crippen LogP contribution in [0.3, 0.4) is 0 Å². The maximum Gasteiger partial charge on any atom is 0.119 e. The molecule has 3 nitrogen and oxygen atoms in total. The van der Waals surface area contributed by atoms with E-state index in [9.17, 15) is 0 Å². The van der Waals surface area contributed by atoms with Crippen molar-refractivity contribution in [3.05, 3.63) is 29.8 Å². The topological polar surface area (TPSA) is 38.5 Å². The van der Waals surface area contributed by atoms with Gasteiger partial charge in [0.1, 0.15) is 5.75 Å². The molecule has 0 amide bonds. The first-order valence-electron chi connectivity index (χ1n) is 6.44. The van der Waals surface area contributed by atoms with Crippen LogP contribution in [0.4, 0.5) is 0 Å². The molecular formula is C14H24N2O. The molecule has 1 aromatic rings. The van der Waals surface area contributed by atoms with E-state index in [1.54, 1.807) is 0 Å². The fourth-order valence-electron chi connectivity index (χ4n) is 1.78. The van der Waals surface area contributed by atoms with Gasteiger partial charge >= 0.3 is 0 Å². The summed E-state index contributed by atoms with van der Waals surface area (Å²) in [5.41, 5.74) is 6.70. The summed E-state index contributed by atoms with van der Waals surface area (Å²) in [6, 6.07) is 8.00. The maximum atomic E-state index is 5.71. The lowest BCUT2D eigenvalue weighted by Crippen LogP contribution is -2.25. The van der Waals surface area contributed by atoms with E-state index in [4.69, 9.17) is 10.5 Å². The highest BCUT2D eigenvalue weighted by Gasteiger charge is 1.99. The monoisotopic (exact) mass is 236 g/mol. The Bertz CT molecular complexity index is 311. The molecule has 2 N–H and O–H groups in total. The minimum Gasteiger partial charge on any atom is -0.494 e. The molecule has 0 radical (unpaired) electrons. The van der Waals surface area contributed by atoms with Crippen molar-refractivity contribution in [2.75, 3.05) is 26.2 Å². The van der Waals surface area contributed by atoms with Crippen LogP contribution in [-0.2, 0) is 6.54 Å². The second kappa shape index (κ2) is 8.09. The van der Waals surface area contributed by atoms with Crippen molar-refractivity contribution in [3.8, 4) is 5.75 Å². The molecule has 0 aromatic heterocycles. The van der Waals surface area contributed by atoms with Gasteiger partial charge in [-0.1, -0.05) is 26.0 Å². The second-order valence-electron chi connectivity index (χ2n) is 4.08. The van der Waals surface area contributed by atoms with Crippen LogP contribution in [0, 0.1) is 0 Å². The van der Waals surface area contributed by atoms with Gasteiger partial charge in [0.25, 0.3) is 0 Å². The van der Waals surface area contributed by atoms with Crippen molar-refractivity contribution in [2.24, 2.45) is 5.73 Å². The normalized spacial score (nSPS) is 10.8. The average Bonchev–Trinajstić information content (AvgIpc) is 2.39. The first-order valence-corrected chi connectivity index (χ1v) is 6.44. The molecule has 17 heavy (non-hydrogen) atoms. The Hall–Kier alpha value is -1.06. The standard InChI is InChI=1S/C14H24N2O/c1-3-16(4-2)9-6-10-17-14-8-5-7-13(11-14)12-15/h5,7-8,11H,3-4,6,9-10,12,15H2,1-2H3. The third kappa shape index (κ3) is 5.20. The second-order valence-corrected chi connectivity index (χ2v) is 4.08. The molecule has 0 heterocycles. The fourth-order valence-corrected chi connectivity index (χ4v) is 1.78. The minimum atomic E-state index is 0.566. The highest BCUT2D eigenvalue weighted by molar-refractivity contribution is 5.28. The molecular weight excluding hydrogens is 212 g/mol. The van der Waals surface area contributed by atoms with Gasteiger partial charge in [-0.25, -0.2) is 0 Å². The Labute approximate surface area is 105 Å². The van der Waals surface area contributed by atoms with Crippen LogP contribution in [0.2, 0.25) is 0 Å². The number of hydrogen-bond donors (Lipinski definition) is 1. The van der Waals surface area contributed by atoms with E-state index in [1.807, 2.05) is 24.3 Å². The zero-order chi connectivity index (χ0) is 12.5. The summed E-state index contributed by atoms with van der Waals surface area (Å²) in [6.45, 7) is 9.03. The van der Waals surface area contributed by atoms with Crippen LogP contribution in [-0.4, -0.2) is 31.1 Å². The van der Waals surface area contributed by atoms with E-state index in [0.29, 0.717) is 6.54 Å². The first kappa shape index (κ1) is 14.0. The van der Waals surface area contributed by atoms with E-state index in [1.165, 1.54) is 0 Å². The summed E-state index contributed by atoms with van der Waals surface area (Å²) >= 11 is 0. The average molecular weight is 236 g/mol. The molecule has 0 aliphatic heterocycles. The van der Waals surface area contributed by atoms with Gasteiger partial charge in [0.2, 0.25) is 0 Å². The number of hydrogen-bond acceptors (Lipinski definition) is 3. The van der Waals surface area contributed by atoms with Crippen LogP contribution in [0.1, 0.15) is 25.8 Å². The van der Waals surface area contributed by atoms with Crippen molar-refractivity contribution in [2.45, 2.75) is 26.8 Å². The Morgan fingerprint density at radius 1 is 1.24 bits per heavy atom. The highest BCUT2D eigenvalue weighted by atomic mass is 16.5. The Kier molecular flexibility index (Phi) is 6.67. The molecule has 1 rings (SSSR count). The Morgan fingerprint density at radius 2 is 2.00 bits per heavy atom. The molecule has 0 aliphatic rings. The summed E-state index contributed by atoms with van der Waals surface area (Å²) in [5, 5.41) is 0. The van der Waals surface area contributed by atoms with Gasteiger partial charge in [-0.15, -0.1) is 0 Å². The quantitative estimate of drug-likeness (QED) is 0.704. The number of benzene rings is 1. The number of nitrogens with two attached hydrogens (primary N) is 1.